The van der Waals surface area contributed by atoms with Crippen molar-refractivity contribution < 1.29 is 19.1 Å². The number of amides is 3. The van der Waals surface area contributed by atoms with Crippen LogP contribution < -0.4 is 5.32 Å². The summed E-state index contributed by atoms with van der Waals surface area (Å²) in [5.74, 6) is -1.22. The molecule has 0 radical (unpaired) electrons. The van der Waals surface area contributed by atoms with Crippen LogP contribution in [0, 0.1) is 16.7 Å². The van der Waals surface area contributed by atoms with Gasteiger partial charge in [0.25, 0.3) is 0 Å². The Bertz CT molecular complexity index is 1110. The fourth-order valence-electron chi connectivity index (χ4n) is 5.66. The molecule has 3 aliphatic rings. The van der Waals surface area contributed by atoms with Crippen LogP contribution in [0.1, 0.15) is 63.1 Å². The predicted octanol–water partition coefficient (Wildman–Crippen LogP) is 3.75. The Morgan fingerprint density at radius 3 is 2.68 bits per heavy atom. The number of ether oxygens (including phenoxy) is 1. The lowest BCUT2D eigenvalue weighted by Crippen LogP contribution is -2.64. The SMILES string of the molecule is CC12CCC(C(=O)N(C(Cc3ccccc3)C(=O)Nc3nnc(C4CCCO4)s3)C1=O)C2(C)C. The van der Waals surface area contributed by atoms with E-state index >= 15 is 0 Å². The number of fused-ring (bicyclic) bond motifs is 2. The summed E-state index contributed by atoms with van der Waals surface area (Å²) < 4.78 is 5.67. The normalized spacial score (nSPS) is 28.9. The third-order valence-electron chi connectivity index (χ3n) is 8.21. The van der Waals surface area contributed by atoms with Crippen LogP contribution in [0.5, 0.6) is 0 Å². The highest BCUT2D eigenvalue weighted by molar-refractivity contribution is 7.15. The maximum absolute atomic E-state index is 13.8. The van der Waals surface area contributed by atoms with Gasteiger partial charge in [-0.2, -0.15) is 0 Å². The Kier molecular flexibility index (Phi) is 5.80. The summed E-state index contributed by atoms with van der Waals surface area (Å²) in [4.78, 5) is 42.2. The standard InChI is InChI=1S/C25H30N4O4S/c1-24(2)16-11-12-25(24,3)22(32)29(21(16)31)17(14-15-8-5-4-6-9-15)19(30)26-23-28-27-20(34-23)18-10-7-13-33-18/h4-6,8-9,16-18H,7,10-14H2,1-3H3,(H,26,28,30). The summed E-state index contributed by atoms with van der Waals surface area (Å²) in [5, 5.41) is 12.2. The van der Waals surface area contributed by atoms with Crippen molar-refractivity contribution in [1.29, 1.82) is 0 Å². The van der Waals surface area contributed by atoms with Gasteiger partial charge in [0.2, 0.25) is 22.9 Å². The Morgan fingerprint density at radius 2 is 1.97 bits per heavy atom. The second kappa shape index (κ2) is 8.53. The first-order valence-electron chi connectivity index (χ1n) is 11.9. The first-order chi connectivity index (χ1) is 16.2. The number of benzene rings is 1. The van der Waals surface area contributed by atoms with Gasteiger partial charge in [-0.15, -0.1) is 10.2 Å². The molecule has 2 aliphatic heterocycles. The number of carbonyl (C=O) groups excluding carboxylic acids is 3. The molecule has 2 aromatic rings. The summed E-state index contributed by atoms with van der Waals surface area (Å²) in [7, 11) is 0. The minimum Gasteiger partial charge on any atom is -0.371 e. The lowest BCUT2D eigenvalue weighted by molar-refractivity contribution is -0.172. The van der Waals surface area contributed by atoms with Crippen molar-refractivity contribution in [2.75, 3.05) is 11.9 Å². The predicted molar refractivity (Wildman–Crippen MR) is 127 cm³/mol. The average molecular weight is 483 g/mol. The zero-order chi connectivity index (χ0) is 24.1. The minimum absolute atomic E-state index is 0.0914. The molecule has 1 aromatic heterocycles. The van der Waals surface area contributed by atoms with Gasteiger partial charge in [0.05, 0.1) is 5.41 Å². The molecule has 0 spiro atoms. The Morgan fingerprint density at radius 1 is 1.21 bits per heavy atom. The van der Waals surface area contributed by atoms with Crippen LogP contribution >= 0.6 is 11.3 Å². The van der Waals surface area contributed by atoms with Gasteiger partial charge in [-0.05, 0) is 36.7 Å². The fourth-order valence-corrected chi connectivity index (χ4v) is 6.49. The molecule has 1 aromatic carbocycles. The van der Waals surface area contributed by atoms with Gasteiger partial charge in [-0.3, -0.25) is 24.6 Å². The highest BCUT2D eigenvalue weighted by atomic mass is 32.1. The lowest BCUT2D eigenvalue weighted by Gasteiger charge is -2.49. The summed E-state index contributed by atoms with van der Waals surface area (Å²) in [6.07, 6.45) is 3.31. The first kappa shape index (κ1) is 23.1. The second-order valence-corrected chi connectivity index (χ2v) is 11.3. The first-order valence-corrected chi connectivity index (χ1v) is 12.7. The number of hydrogen-bond donors (Lipinski definition) is 1. The van der Waals surface area contributed by atoms with Crippen molar-refractivity contribution in [3.63, 3.8) is 0 Å². The molecule has 2 bridgehead atoms. The fraction of sp³-hybridized carbons (Fsp3) is 0.560. The van der Waals surface area contributed by atoms with Crippen LogP contribution in [0.4, 0.5) is 5.13 Å². The molecule has 3 fully saturated rings. The molecule has 180 valence electrons. The van der Waals surface area contributed by atoms with E-state index in [2.05, 4.69) is 15.5 Å². The summed E-state index contributed by atoms with van der Waals surface area (Å²) >= 11 is 1.28. The molecule has 1 saturated carbocycles. The van der Waals surface area contributed by atoms with Crippen molar-refractivity contribution in [2.45, 2.75) is 65.0 Å². The maximum atomic E-state index is 13.8. The van der Waals surface area contributed by atoms with Crippen LogP contribution in [-0.2, 0) is 25.5 Å². The molecule has 3 heterocycles. The molecule has 9 heteroatoms. The van der Waals surface area contributed by atoms with Gasteiger partial charge in [-0.1, -0.05) is 62.4 Å². The van der Waals surface area contributed by atoms with Crippen molar-refractivity contribution in [2.24, 2.45) is 16.7 Å². The van der Waals surface area contributed by atoms with Crippen molar-refractivity contribution in [3.8, 4) is 0 Å². The largest absolute Gasteiger partial charge is 0.371 e. The van der Waals surface area contributed by atoms with Crippen LogP contribution in [0.25, 0.3) is 0 Å². The molecule has 1 aliphatic carbocycles. The average Bonchev–Trinajstić information content (AvgIpc) is 3.53. The van der Waals surface area contributed by atoms with E-state index in [0.717, 1.165) is 23.4 Å². The highest BCUT2D eigenvalue weighted by Gasteiger charge is 2.65. The molecule has 4 atom stereocenters. The van der Waals surface area contributed by atoms with E-state index in [1.165, 1.54) is 16.2 Å². The zero-order valence-corrected chi connectivity index (χ0v) is 20.6. The van der Waals surface area contributed by atoms with Gasteiger partial charge in [0, 0.05) is 18.9 Å². The van der Waals surface area contributed by atoms with Crippen LogP contribution in [0.15, 0.2) is 30.3 Å². The Balaban J connectivity index is 1.44. The van der Waals surface area contributed by atoms with Gasteiger partial charge in [0.15, 0.2) is 0 Å². The number of rotatable bonds is 6. The summed E-state index contributed by atoms with van der Waals surface area (Å²) in [6, 6.07) is 8.51. The van der Waals surface area contributed by atoms with Crippen LogP contribution in [0.3, 0.4) is 0 Å². The van der Waals surface area contributed by atoms with E-state index in [4.69, 9.17) is 4.74 Å². The quantitative estimate of drug-likeness (QED) is 0.629. The number of likely N-dealkylation sites (tertiary alicyclic amines) is 1. The molecule has 34 heavy (non-hydrogen) atoms. The van der Waals surface area contributed by atoms with Gasteiger partial charge in [-0.25, -0.2) is 0 Å². The van der Waals surface area contributed by atoms with E-state index in [9.17, 15) is 14.4 Å². The molecule has 8 nitrogen and oxygen atoms in total. The molecule has 2 saturated heterocycles. The van der Waals surface area contributed by atoms with Gasteiger partial charge in [0.1, 0.15) is 17.2 Å². The van der Waals surface area contributed by atoms with Crippen molar-refractivity contribution in [1.82, 2.24) is 15.1 Å². The molecule has 1 N–H and O–H groups in total. The molecular weight excluding hydrogens is 452 g/mol. The van der Waals surface area contributed by atoms with Crippen LogP contribution in [-0.4, -0.2) is 45.5 Å². The molecular formula is C25H30N4O4S. The third-order valence-corrected chi connectivity index (χ3v) is 9.15. The number of hydrogen-bond acceptors (Lipinski definition) is 7. The molecule has 4 unspecified atom stereocenters. The number of piperidine rings is 1. The summed E-state index contributed by atoms with van der Waals surface area (Å²) in [5.41, 5.74) is -0.250. The van der Waals surface area contributed by atoms with E-state index < -0.39 is 22.8 Å². The molecule has 3 amide bonds. The number of nitrogens with one attached hydrogen (secondary N) is 1. The topological polar surface area (TPSA) is 101 Å². The lowest BCUT2D eigenvalue weighted by atomic mass is 9.62. The highest BCUT2D eigenvalue weighted by Crippen LogP contribution is 2.60. The van der Waals surface area contributed by atoms with E-state index in [1.54, 1.807) is 0 Å². The molecule has 5 rings (SSSR count). The summed E-state index contributed by atoms with van der Waals surface area (Å²) in [6.45, 7) is 6.63. The zero-order valence-electron chi connectivity index (χ0n) is 19.7. The van der Waals surface area contributed by atoms with Gasteiger partial charge >= 0.3 is 0 Å². The van der Waals surface area contributed by atoms with Gasteiger partial charge < -0.3 is 4.74 Å². The Labute approximate surface area is 203 Å². The smallest absolute Gasteiger partial charge is 0.249 e. The monoisotopic (exact) mass is 482 g/mol. The minimum atomic E-state index is -0.964. The number of imide groups is 1. The van der Waals surface area contributed by atoms with E-state index in [1.807, 2.05) is 51.1 Å². The van der Waals surface area contributed by atoms with Crippen molar-refractivity contribution >= 4 is 34.2 Å². The second-order valence-electron chi connectivity index (χ2n) is 10.3. The maximum Gasteiger partial charge on any atom is 0.249 e. The number of carbonyl (C=O) groups is 3. The Hall–Kier alpha value is -2.65. The van der Waals surface area contributed by atoms with Crippen LogP contribution in [0.2, 0.25) is 0 Å². The third kappa shape index (κ3) is 3.65. The van der Waals surface area contributed by atoms with E-state index in [-0.39, 0.29) is 30.3 Å². The number of aromatic nitrogens is 2. The van der Waals surface area contributed by atoms with Crippen molar-refractivity contribution in [3.05, 3.63) is 40.9 Å². The number of anilines is 1. The van der Waals surface area contributed by atoms with E-state index in [0.29, 0.717) is 24.6 Å². The number of nitrogens with zero attached hydrogens (tertiary/aromatic N) is 3.